The van der Waals surface area contributed by atoms with Crippen LogP contribution < -0.4 is 10.2 Å². The average molecular weight is 484 g/mol. The Morgan fingerprint density at radius 3 is 2.00 bits per heavy atom. The first kappa shape index (κ1) is 23.7. The number of pyridine rings is 1. The molecule has 4 aromatic carbocycles. The third kappa shape index (κ3) is 5.63. The molecule has 5 rings (SSSR count). The highest BCUT2D eigenvalue weighted by molar-refractivity contribution is 6.09. The Labute approximate surface area is 216 Å². The highest BCUT2D eigenvalue weighted by atomic mass is 16.2. The van der Waals surface area contributed by atoms with E-state index in [9.17, 15) is 9.59 Å². The van der Waals surface area contributed by atoms with E-state index >= 15 is 0 Å². The molecule has 0 unspecified atom stereocenters. The minimum Gasteiger partial charge on any atom is -0.322 e. The third-order valence-electron chi connectivity index (χ3n) is 6.05. The number of carbonyl (C=O) groups excluding carboxylic acids is 2. The lowest BCUT2D eigenvalue weighted by Gasteiger charge is -2.23. The van der Waals surface area contributed by atoms with Gasteiger partial charge in [0.15, 0.2) is 0 Å². The number of amides is 2. The molecule has 1 aromatic heterocycles. The smallest absolute Gasteiger partial charge is 0.258 e. The fourth-order valence-corrected chi connectivity index (χ4v) is 4.17. The molecule has 0 aliphatic carbocycles. The monoisotopic (exact) mass is 483 g/mol. The summed E-state index contributed by atoms with van der Waals surface area (Å²) in [6.45, 7) is 0.429. The molecule has 0 saturated heterocycles. The van der Waals surface area contributed by atoms with Crippen molar-refractivity contribution in [2.45, 2.75) is 6.54 Å². The van der Waals surface area contributed by atoms with Gasteiger partial charge in [-0.15, -0.1) is 0 Å². The normalized spacial score (nSPS) is 10.5. The number of anilines is 2. The Morgan fingerprint density at radius 1 is 0.676 bits per heavy atom. The SMILES string of the molecule is O=C(Nc1ccc(C(=O)N(Cc2ccccc2)c2ccncc2)cc1)c1ccccc1-c1ccccc1. The fourth-order valence-electron chi connectivity index (χ4n) is 4.17. The van der Waals surface area contributed by atoms with E-state index in [1.54, 1.807) is 41.6 Å². The Hall–Kier alpha value is -5.03. The summed E-state index contributed by atoms with van der Waals surface area (Å²) in [6.07, 6.45) is 3.35. The summed E-state index contributed by atoms with van der Waals surface area (Å²) in [5.41, 5.74) is 5.34. The molecule has 5 nitrogen and oxygen atoms in total. The number of aromatic nitrogens is 1. The van der Waals surface area contributed by atoms with Gasteiger partial charge in [0.2, 0.25) is 0 Å². The van der Waals surface area contributed by atoms with Crippen LogP contribution in [-0.4, -0.2) is 16.8 Å². The van der Waals surface area contributed by atoms with Crippen LogP contribution in [0.1, 0.15) is 26.3 Å². The lowest BCUT2D eigenvalue weighted by molar-refractivity contribution is 0.0984. The van der Waals surface area contributed by atoms with E-state index in [-0.39, 0.29) is 11.8 Å². The molecule has 0 fully saturated rings. The van der Waals surface area contributed by atoms with Gasteiger partial charge in [-0.3, -0.25) is 14.6 Å². The van der Waals surface area contributed by atoms with Crippen molar-refractivity contribution in [3.63, 3.8) is 0 Å². The predicted molar refractivity (Wildman–Crippen MR) is 147 cm³/mol. The van der Waals surface area contributed by atoms with E-state index in [4.69, 9.17) is 0 Å². The molecular formula is C32H25N3O2. The van der Waals surface area contributed by atoms with Crippen LogP contribution in [0.5, 0.6) is 0 Å². The molecule has 0 atom stereocenters. The largest absolute Gasteiger partial charge is 0.322 e. The first-order chi connectivity index (χ1) is 18.2. The van der Waals surface area contributed by atoms with Crippen molar-refractivity contribution < 1.29 is 9.59 Å². The maximum absolute atomic E-state index is 13.5. The van der Waals surface area contributed by atoms with Crippen LogP contribution in [0.3, 0.4) is 0 Å². The Morgan fingerprint density at radius 2 is 1.30 bits per heavy atom. The van der Waals surface area contributed by atoms with E-state index in [2.05, 4.69) is 10.3 Å². The average Bonchev–Trinajstić information content (AvgIpc) is 2.97. The van der Waals surface area contributed by atoms with Gasteiger partial charge in [0.1, 0.15) is 0 Å². The van der Waals surface area contributed by atoms with Gasteiger partial charge in [-0.25, -0.2) is 0 Å². The van der Waals surface area contributed by atoms with Crippen LogP contribution in [0.4, 0.5) is 11.4 Å². The zero-order chi connectivity index (χ0) is 25.5. The molecule has 1 heterocycles. The second-order valence-electron chi connectivity index (χ2n) is 8.53. The van der Waals surface area contributed by atoms with Crippen LogP contribution in [0.25, 0.3) is 11.1 Å². The van der Waals surface area contributed by atoms with E-state index in [0.29, 0.717) is 23.4 Å². The van der Waals surface area contributed by atoms with E-state index in [1.165, 1.54) is 0 Å². The maximum Gasteiger partial charge on any atom is 0.258 e. The van der Waals surface area contributed by atoms with Crippen molar-refractivity contribution in [1.29, 1.82) is 0 Å². The molecule has 37 heavy (non-hydrogen) atoms. The van der Waals surface area contributed by atoms with Crippen LogP contribution in [0, 0.1) is 0 Å². The van der Waals surface area contributed by atoms with Crippen molar-refractivity contribution in [1.82, 2.24) is 4.98 Å². The Bertz CT molecular complexity index is 1490. The van der Waals surface area contributed by atoms with Gasteiger partial charge in [-0.2, -0.15) is 0 Å². The van der Waals surface area contributed by atoms with Crippen LogP contribution in [0.15, 0.2) is 134 Å². The van der Waals surface area contributed by atoms with Crippen molar-refractivity contribution in [3.05, 3.63) is 150 Å². The van der Waals surface area contributed by atoms with E-state index in [1.807, 2.05) is 97.1 Å². The zero-order valence-corrected chi connectivity index (χ0v) is 20.1. The van der Waals surface area contributed by atoms with Crippen molar-refractivity contribution >= 4 is 23.2 Å². The van der Waals surface area contributed by atoms with Gasteiger partial charge < -0.3 is 10.2 Å². The van der Waals surface area contributed by atoms with Gasteiger partial charge in [0.05, 0.1) is 6.54 Å². The van der Waals surface area contributed by atoms with Gasteiger partial charge in [-0.1, -0.05) is 78.9 Å². The van der Waals surface area contributed by atoms with Gasteiger partial charge >= 0.3 is 0 Å². The highest BCUT2D eigenvalue weighted by Crippen LogP contribution is 2.25. The summed E-state index contributed by atoms with van der Waals surface area (Å²) in [6, 6.07) is 37.8. The fraction of sp³-hybridized carbons (Fsp3) is 0.0312. The number of rotatable bonds is 7. The van der Waals surface area contributed by atoms with Gasteiger partial charge in [0, 0.05) is 34.9 Å². The molecule has 0 bridgehead atoms. The predicted octanol–water partition coefficient (Wildman–Crippen LogP) is 6.85. The molecule has 180 valence electrons. The summed E-state index contributed by atoms with van der Waals surface area (Å²) in [5, 5.41) is 2.96. The third-order valence-corrected chi connectivity index (χ3v) is 6.05. The Balaban J connectivity index is 1.35. The minimum atomic E-state index is -0.207. The lowest BCUT2D eigenvalue weighted by atomic mass is 9.99. The van der Waals surface area contributed by atoms with Crippen LogP contribution in [-0.2, 0) is 6.54 Å². The number of hydrogen-bond acceptors (Lipinski definition) is 3. The maximum atomic E-state index is 13.5. The summed E-state index contributed by atoms with van der Waals surface area (Å²) in [4.78, 5) is 32.5. The molecule has 0 saturated carbocycles. The number of benzene rings is 4. The lowest BCUT2D eigenvalue weighted by Crippen LogP contribution is -2.30. The van der Waals surface area contributed by atoms with E-state index in [0.717, 1.165) is 22.4 Å². The number of nitrogens with one attached hydrogen (secondary N) is 1. The van der Waals surface area contributed by atoms with Crippen LogP contribution in [0.2, 0.25) is 0 Å². The molecule has 2 amide bonds. The quantitative estimate of drug-likeness (QED) is 0.275. The molecule has 0 aliphatic heterocycles. The van der Waals surface area contributed by atoms with Gasteiger partial charge in [-0.05, 0) is 59.2 Å². The molecule has 5 heteroatoms. The Kier molecular flexibility index (Phi) is 7.14. The van der Waals surface area contributed by atoms with Crippen LogP contribution >= 0.6 is 0 Å². The summed E-state index contributed by atoms with van der Waals surface area (Å²) in [5.74, 6) is -0.344. The molecular weight excluding hydrogens is 458 g/mol. The number of nitrogens with zero attached hydrogens (tertiary/aromatic N) is 2. The molecule has 5 aromatic rings. The first-order valence-corrected chi connectivity index (χ1v) is 12.0. The number of hydrogen-bond donors (Lipinski definition) is 1. The topological polar surface area (TPSA) is 62.3 Å². The van der Waals surface area contributed by atoms with Crippen molar-refractivity contribution in [3.8, 4) is 11.1 Å². The first-order valence-electron chi connectivity index (χ1n) is 12.0. The zero-order valence-electron chi connectivity index (χ0n) is 20.1. The van der Waals surface area contributed by atoms with Crippen molar-refractivity contribution in [2.75, 3.05) is 10.2 Å². The summed E-state index contributed by atoms with van der Waals surface area (Å²) >= 11 is 0. The second kappa shape index (κ2) is 11.1. The second-order valence-corrected chi connectivity index (χ2v) is 8.53. The standard InChI is InChI=1S/C32H25N3O2/c36-31(30-14-8-7-13-29(30)25-11-5-2-6-12-25)34-27-17-15-26(16-18-27)32(37)35(28-19-21-33-22-20-28)23-24-9-3-1-4-10-24/h1-22H,23H2,(H,34,36). The molecule has 0 radical (unpaired) electrons. The summed E-state index contributed by atoms with van der Waals surface area (Å²) in [7, 11) is 0. The molecule has 0 aliphatic rings. The number of carbonyl (C=O) groups is 2. The minimum absolute atomic E-state index is 0.137. The van der Waals surface area contributed by atoms with E-state index < -0.39 is 0 Å². The van der Waals surface area contributed by atoms with Crippen molar-refractivity contribution in [2.24, 2.45) is 0 Å². The molecule has 0 spiro atoms. The molecule has 1 N–H and O–H groups in total. The summed E-state index contributed by atoms with van der Waals surface area (Å²) < 4.78 is 0. The van der Waals surface area contributed by atoms with Gasteiger partial charge in [0.25, 0.3) is 11.8 Å². The highest BCUT2D eigenvalue weighted by Gasteiger charge is 2.19.